The minimum atomic E-state index is -2.28. The Morgan fingerprint density at radius 1 is 1.36 bits per heavy atom. The van der Waals surface area contributed by atoms with Crippen molar-refractivity contribution >= 4 is 29.7 Å². The highest BCUT2D eigenvalue weighted by Crippen LogP contribution is 2.18. The minimum Gasteiger partial charge on any atom is -0.479 e. The number of amides is 1. The van der Waals surface area contributed by atoms with Crippen LogP contribution in [-0.2, 0) is 19.1 Å². The number of aliphatic carboxylic acids is 1. The van der Waals surface area contributed by atoms with Crippen LogP contribution in [0.3, 0.4) is 0 Å². The SMILES string of the molecule is CCC(C)OC(=O)C(CCC=NNc1ccc(F)cc1F)(NC(C)=O)C(=O)O. The quantitative estimate of drug-likeness (QED) is 0.241. The van der Waals surface area contributed by atoms with Crippen LogP contribution in [-0.4, -0.2) is 40.8 Å². The lowest BCUT2D eigenvalue weighted by molar-refractivity contribution is -0.168. The van der Waals surface area contributed by atoms with Crippen LogP contribution in [0.2, 0.25) is 0 Å². The molecule has 1 rings (SSSR count). The van der Waals surface area contributed by atoms with E-state index < -0.39 is 41.1 Å². The number of nitrogens with zero attached hydrogens (tertiary/aromatic N) is 1. The lowest BCUT2D eigenvalue weighted by Crippen LogP contribution is -2.60. The molecule has 0 radical (unpaired) electrons. The molecule has 154 valence electrons. The highest BCUT2D eigenvalue weighted by Gasteiger charge is 2.48. The summed E-state index contributed by atoms with van der Waals surface area (Å²) in [5, 5.41) is 15.4. The summed E-state index contributed by atoms with van der Waals surface area (Å²) in [7, 11) is 0. The predicted molar refractivity (Wildman–Crippen MR) is 97.7 cm³/mol. The molecule has 0 bridgehead atoms. The molecule has 0 fully saturated rings. The molecule has 28 heavy (non-hydrogen) atoms. The molecule has 3 N–H and O–H groups in total. The van der Waals surface area contributed by atoms with Crippen LogP contribution in [0.15, 0.2) is 23.3 Å². The van der Waals surface area contributed by atoms with Crippen molar-refractivity contribution in [1.82, 2.24) is 5.32 Å². The van der Waals surface area contributed by atoms with Gasteiger partial charge in [0, 0.05) is 19.2 Å². The number of carbonyl (C=O) groups excluding carboxylic acids is 2. The zero-order valence-electron chi connectivity index (χ0n) is 15.8. The fourth-order valence-electron chi connectivity index (χ4n) is 2.17. The Balaban J connectivity index is 2.86. The van der Waals surface area contributed by atoms with E-state index in [0.29, 0.717) is 12.5 Å². The summed E-state index contributed by atoms with van der Waals surface area (Å²) in [4.78, 5) is 35.6. The number of rotatable bonds is 10. The van der Waals surface area contributed by atoms with Crippen LogP contribution in [0.5, 0.6) is 0 Å². The summed E-state index contributed by atoms with van der Waals surface area (Å²) in [6.45, 7) is 4.44. The summed E-state index contributed by atoms with van der Waals surface area (Å²) < 4.78 is 31.5. The average Bonchev–Trinajstić information content (AvgIpc) is 2.61. The molecule has 0 aliphatic heterocycles. The van der Waals surface area contributed by atoms with Gasteiger partial charge in [-0.2, -0.15) is 5.10 Å². The second-order valence-electron chi connectivity index (χ2n) is 6.10. The summed E-state index contributed by atoms with van der Waals surface area (Å²) in [6, 6.07) is 2.86. The second-order valence-corrected chi connectivity index (χ2v) is 6.10. The lowest BCUT2D eigenvalue weighted by Gasteiger charge is -2.28. The van der Waals surface area contributed by atoms with Crippen molar-refractivity contribution in [2.45, 2.75) is 51.7 Å². The maximum atomic E-state index is 13.5. The Labute approximate surface area is 160 Å². The maximum Gasteiger partial charge on any atom is 0.343 e. The van der Waals surface area contributed by atoms with Gasteiger partial charge in [-0.15, -0.1) is 0 Å². The third-order valence-corrected chi connectivity index (χ3v) is 3.84. The first-order valence-electron chi connectivity index (χ1n) is 8.58. The maximum absolute atomic E-state index is 13.5. The van der Waals surface area contributed by atoms with E-state index in [-0.39, 0.29) is 18.5 Å². The van der Waals surface area contributed by atoms with Crippen molar-refractivity contribution in [1.29, 1.82) is 0 Å². The number of nitrogens with one attached hydrogen (secondary N) is 2. The molecule has 0 aliphatic carbocycles. The third-order valence-electron chi connectivity index (χ3n) is 3.84. The monoisotopic (exact) mass is 399 g/mol. The van der Waals surface area contributed by atoms with Gasteiger partial charge in [0.15, 0.2) is 5.82 Å². The Morgan fingerprint density at radius 2 is 2.04 bits per heavy atom. The van der Waals surface area contributed by atoms with Gasteiger partial charge >= 0.3 is 11.9 Å². The van der Waals surface area contributed by atoms with E-state index in [1.165, 1.54) is 6.21 Å². The number of carboxylic acid groups (broad SMARTS) is 1. The third kappa shape index (κ3) is 6.29. The van der Waals surface area contributed by atoms with Crippen LogP contribution in [0.1, 0.15) is 40.0 Å². The van der Waals surface area contributed by atoms with Crippen LogP contribution >= 0.6 is 0 Å². The van der Waals surface area contributed by atoms with E-state index in [1.807, 2.05) is 0 Å². The van der Waals surface area contributed by atoms with Gasteiger partial charge in [-0.25, -0.2) is 18.4 Å². The summed E-state index contributed by atoms with van der Waals surface area (Å²) >= 11 is 0. The number of hydrazone groups is 1. The molecular formula is C18H23F2N3O5. The van der Waals surface area contributed by atoms with E-state index in [2.05, 4.69) is 15.8 Å². The Bertz CT molecular complexity index is 757. The Hall–Kier alpha value is -3.04. The van der Waals surface area contributed by atoms with Crippen molar-refractivity contribution in [3.63, 3.8) is 0 Å². The molecular weight excluding hydrogens is 376 g/mol. The molecule has 1 aromatic carbocycles. The van der Waals surface area contributed by atoms with Gasteiger partial charge in [-0.1, -0.05) is 6.92 Å². The van der Waals surface area contributed by atoms with Crippen molar-refractivity contribution in [2.24, 2.45) is 5.10 Å². The smallest absolute Gasteiger partial charge is 0.343 e. The van der Waals surface area contributed by atoms with Crippen LogP contribution in [0.4, 0.5) is 14.5 Å². The summed E-state index contributed by atoms with van der Waals surface area (Å²) in [5.74, 6) is -4.97. The second kappa shape index (κ2) is 10.3. The Morgan fingerprint density at radius 3 is 2.57 bits per heavy atom. The van der Waals surface area contributed by atoms with E-state index >= 15 is 0 Å². The molecule has 1 amide bonds. The van der Waals surface area contributed by atoms with E-state index in [1.54, 1.807) is 13.8 Å². The number of hydrogen-bond donors (Lipinski definition) is 3. The van der Waals surface area contributed by atoms with Gasteiger partial charge < -0.3 is 15.2 Å². The van der Waals surface area contributed by atoms with Crippen LogP contribution < -0.4 is 10.7 Å². The summed E-state index contributed by atoms with van der Waals surface area (Å²) in [6.07, 6.45) is 0.748. The first-order valence-corrected chi connectivity index (χ1v) is 8.58. The number of ether oxygens (including phenoxy) is 1. The molecule has 0 aromatic heterocycles. The topological polar surface area (TPSA) is 117 Å². The first-order chi connectivity index (χ1) is 13.1. The van der Waals surface area contributed by atoms with E-state index in [4.69, 9.17) is 4.74 Å². The zero-order chi connectivity index (χ0) is 21.3. The Kier molecular flexibility index (Phi) is 8.49. The number of carbonyl (C=O) groups is 3. The molecule has 0 aliphatic rings. The fourth-order valence-corrected chi connectivity index (χ4v) is 2.17. The molecule has 0 spiro atoms. The average molecular weight is 399 g/mol. The molecule has 0 saturated carbocycles. The number of hydrogen-bond acceptors (Lipinski definition) is 6. The molecule has 8 nitrogen and oxygen atoms in total. The summed E-state index contributed by atoms with van der Waals surface area (Å²) in [5.41, 5.74) is -0.0147. The highest BCUT2D eigenvalue weighted by atomic mass is 19.1. The lowest BCUT2D eigenvalue weighted by atomic mass is 9.93. The highest BCUT2D eigenvalue weighted by molar-refractivity contribution is 6.07. The first kappa shape index (κ1) is 23.0. The van der Waals surface area contributed by atoms with Gasteiger partial charge in [-0.3, -0.25) is 10.2 Å². The van der Waals surface area contributed by atoms with Gasteiger partial charge in [-0.05, 0) is 38.3 Å². The van der Waals surface area contributed by atoms with Crippen molar-refractivity contribution in [2.75, 3.05) is 5.43 Å². The number of anilines is 1. The van der Waals surface area contributed by atoms with Crippen LogP contribution in [0, 0.1) is 11.6 Å². The number of benzene rings is 1. The van der Waals surface area contributed by atoms with Crippen molar-refractivity contribution < 1.29 is 33.0 Å². The van der Waals surface area contributed by atoms with Crippen molar-refractivity contribution in [3.8, 4) is 0 Å². The number of carboxylic acids is 1. The standard InChI is InChI=1S/C18H23F2N3O5/c1-4-11(2)28-17(27)18(16(25)26,22-12(3)24)8-5-9-21-23-15-7-6-13(19)10-14(15)20/h6-7,9-11,23H,4-5,8H2,1-3H3,(H,22,24)(H,25,26). The number of halogens is 2. The van der Waals surface area contributed by atoms with Gasteiger partial charge in [0.1, 0.15) is 5.82 Å². The van der Waals surface area contributed by atoms with Gasteiger partial charge in [0.2, 0.25) is 11.4 Å². The van der Waals surface area contributed by atoms with E-state index in [0.717, 1.165) is 19.1 Å². The van der Waals surface area contributed by atoms with Crippen LogP contribution in [0.25, 0.3) is 0 Å². The predicted octanol–water partition coefficient (Wildman–Crippen LogP) is 2.44. The van der Waals surface area contributed by atoms with E-state index in [9.17, 15) is 28.3 Å². The fraction of sp³-hybridized carbons (Fsp3) is 0.444. The zero-order valence-corrected chi connectivity index (χ0v) is 15.8. The molecule has 2 atom stereocenters. The molecule has 1 aromatic rings. The minimum absolute atomic E-state index is 0.0575. The molecule has 10 heteroatoms. The number of esters is 1. The molecule has 2 unspecified atom stereocenters. The molecule has 0 heterocycles. The van der Waals surface area contributed by atoms with Crippen molar-refractivity contribution in [3.05, 3.63) is 29.8 Å². The largest absolute Gasteiger partial charge is 0.479 e. The van der Waals surface area contributed by atoms with Gasteiger partial charge in [0.25, 0.3) is 0 Å². The van der Waals surface area contributed by atoms with Gasteiger partial charge in [0.05, 0.1) is 11.8 Å². The molecule has 0 saturated heterocycles. The normalized spacial score (nSPS) is 14.2.